The van der Waals surface area contributed by atoms with E-state index in [2.05, 4.69) is 22.0 Å². The molecule has 0 aromatic carbocycles. The summed E-state index contributed by atoms with van der Waals surface area (Å²) < 4.78 is 0. The van der Waals surface area contributed by atoms with E-state index in [4.69, 9.17) is 0 Å². The fourth-order valence-corrected chi connectivity index (χ4v) is 3.37. The van der Waals surface area contributed by atoms with Gasteiger partial charge in [-0.1, -0.05) is 13.3 Å². The third kappa shape index (κ3) is 2.16. The third-order valence-corrected chi connectivity index (χ3v) is 4.66. The van der Waals surface area contributed by atoms with E-state index >= 15 is 0 Å². The monoisotopic (exact) mass is 251 g/mol. The number of nitrogens with zero attached hydrogens (tertiary/aromatic N) is 2. The van der Waals surface area contributed by atoms with Gasteiger partial charge in [-0.25, -0.2) is 0 Å². The van der Waals surface area contributed by atoms with Gasteiger partial charge in [0.05, 0.1) is 11.7 Å². The van der Waals surface area contributed by atoms with Gasteiger partial charge in [0.2, 0.25) is 5.91 Å². The highest BCUT2D eigenvalue weighted by Gasteiger charge is 2.58. The van der Waals surface area contributed by atoms with Gasteiger partial charge in [-0.15, -0.1) is 0 Å². The predicted octanol–water partition coefficient (Wildman–Crippen LogP) is 1.17. The summed E-state index contributed by atoms with van der Waals surface area (Å²) >= 11 is 0. The van der Waals surface area contributed by atoms with Gasteiger partial charge in [0.15, 0.2) is 0 Å². The Morgan fingerprint density at radius 1 is 1.28 bits per heavy atom. The van der Waals surface area contributed by atoms with Gasteiger partial charge >= 0.3 is 0 Å². The Morgan fingerprint density at radius 2 is 2.00 bits per heavy atom. The van der Waals surface area contributed by atoms with Crippen LogP contribution in [-0.2, 0) is 4.79 Å². The lowest BCUT2D eigenvalue weighted by Crippen LogP contribution is -2.41. The van der Waals surface area contributed by atoms with Gasteiger partial charge in [-0.05, 0) is 45.2 Å². The molecular weight excluding hydrogens is 226 g/mol. The molecule has 0 aromatic heterocycles. The molecule has 3 fully saturated rings. The van der Waals surface area contributed by atoms with Crippen molar-refractivity contribution in [2.45, 2.75) is 57.2 Å². The lowest BCUT2D eigenvalue weighted by Gasteiger charge is -2.26. The summed E-state index contributed by atoms with van der Waals surface area (Å²) in [5.74, 6) is 0.375. The highest BCUT2D eigenvalue weighted by molar-refractivity contribution is 5.91. The van der Waals surface area contributed by atoms with E-state index in [-0.39, 0.29) is 5.54 Å². The standard InChI is InChI=1S/C14H25N3O/c1-2-5-12-15-14(6-7-14)13(18)17(12)11-10-16-8-3-4-9-16/h12,15H,2-11H2,1H3. The maximum atomic E-state index is 12.4. The molecule has 1 unspecified atom stereocenters. The van der Waals surface area contributed by atoms with Crippen LogP contribution in [0.15, 0.2) is 0 Å². The van der Waals surface area contributed by atoms with Crippen molar-refractivity contribution in [1.29, 1.82) is 0 Å². The summed E-state index contributed by atoms with van der Waals surface area (Å²) in [6.45, 7) is 6.61. The molecule has 1 saturated carbocycles. The van der Waals surface area contributed by atoms with E-state index < -0.39 is 0 Å². The SMILES string of the molecule is CCCC1NC2(CC2)C(=O)N1CCN1CCCC1. The second-order valence-corrected chi connectivity index (χ2v) is 6.08. The van der Waals surface area contributed by atoms with Crippen molar-refractivity contribution in [3.63, 3.8) is 0 Å². The minimum absolute atomic E-state index is 0.134. The summed E-state index contributed by atoms with van der Waals surface area (Å²) in [4.78, 5) is 17.0. The second-order valence-electron chi connectivity index (χ2n) is 6.08. The Balaban J connectivity index is 1.58. The smallest absolute Gasteiger partial charge is 0.244 e. The van der Waals surface area contributed by atoms with Gasteiger partial charge < -0.3 is 9.80 Å². The highest BCUT2D eigenvalue weighted by Crippen LogP contribution is 2.42. The molecule has 3 rings (SSSR count). The van der Waals surface area contributed by atoms with Crippen LogP contribution in [0, 0.1) is 0 Å². The number of carbonyl (C=O) groups excluding carboxylic acids is 1. The zero-order valence-corrected chi connectivity index (χ0v) is 11.5. The molecule has 2 saturated heterocycles. The van der Waals surface area contributed by atoms with Crippen LogP contribution in [0.2, 0.25) is 0 Å². The van der Waals surface area contributed by atoms with Crippen LogP contribution in [0.25, 0.3) is 0 Å². The van der Waals surface area contributed by atoms with E-state index in [0.717, 1.165) is 38.8 Å². The molecule has 1 amide bonds. The number of hydrogen-bond donors (Lipinski definition) is 1. The van der Waals surface area contributed by atoms with Gasteiger partial charge in [0, 0.05) is 13.1 Å². The average molecular weight is 251 g/mol. The molecule has 4 nitrogen and oxygen atoms in total. The topological polar surface area (TPSA) is 35.6 Å². The van der Waals surface area contributed by atoms with Gasteiger partial charge in [0.1, 0.15) is 0 Å². The minimum atomic E-state index is -0.134. The Kier molecular flexibility index (Phi) is 3.32. The van der Waals surface area contributed by atoms with E-state index in [9.17, 15) is 4.79 Å². The zero-order valence-electron chi connectivity index (χ0n) is 11.5. The van der Waals surface area contributed by atoms with Gasteiger partial charge in [0.25, 0.3) is 0 Å². The summed E-state index contributed by atoms with van der Waals surface area (Å²) in [5.41, 5.74) is -0.134. The van der Waals surface area contributed by atoms with E-state index in [1.54, 1.807) is 0 Å². The zero-order chi connectivity index (χ0) is 12.6. The van der Waals surface area contributed by atoms with Gasteiger partial charge in [-0.2, -0.15) is 0 Å². The maximum Gasteiger partial charge on any atom is 0.244 e. The lowest BCUT2D eigenvalue weighted by molar-refractivity contribution is -0.131. The molecule has 1 aliphatic carbocycles. The first-order valence-corrected chi connectivity index (χ1v) is 7.56. The fraction of sp³-hybridized carbons (Fsp3) is 0.929. The molecule has 4 heteroatoms. The van der Waals surface area contributed by atoms with Crippen LogP contribution >= 0.6 is 0 Å². The molecule has 3 aliphatic rings. The van der Waals surface area contributed by atoms with Gasteiger partial charge in [-0.3, -0.25) is 10.1 Å². The quantitative estimate of drug-likeness (QED) is 0.797. The normalized spacial score (nSPS) is 30.6. The number of rotatable bonds is 5. The predicted molar refractivity (Wildman–Crippen MR) is 71.2 cm³/mol. The molecule has 2 aliphatic heterocycles. The van der Waals surface area contributed by atoms with Crippen molar-refractivity contribution in [2.75, 3.05) is 26.2 Å². The lowest BCUT2D eigenvalue weighted by atomic mass is 10.2. The first-order valence-electron chi connectivity index (χ1n) is 7.56. The molecule has 0 radical (unpaired) electrons. The molecule has 102 valence electrons. The van der Waals surface area contributed by atoms with E-state index in [0.29, 0.717) is 12.1 Å². The van der Waals surface area contributed by atoms with Crippen molar-refractivity contribution in [3.8, 4) is 0 Å². The van der Waals surface area contributed by atoms with Crippen LogP contribution in [0.5, 0.6) is 0 Å². The minimum Gasteiger partial charge on any atom is -0.324 e. The van der Waals surface area contributed by atoms with Crippen molar-refractivity contribution in [3.05, 3.63) is 0 Å². The largest absolute Gasteiger partial charge is 0.324 e. The number of amides is 1. The van der Waals surface area contributed by atoms with Crippen molar-refractivity contribution < 1.29 is 4.79 Å². The first-order chi connectivity index (χ1) is 8.75. The average Bonchev–Trinajstić information content (AvgIpc) is 2.86. The number of carbonyl (C=O) groups is 1. The number of nitrogens with one attached hydrogen (secondary N) is 1. The van der Waals surface area contributed by atoms with Crippen LogP contribution < -0.4 is 5.32 Å². The molecule has 1 spiro atoms. The fourth-order valence-electron chi connectivity index (χ4n) is 3.37. The third-order valence-electron chi connectivity index (χ3n) is 4.66. The Morgan fingerprint density at radius 3 is 2.61 bits per heavy atom. The molecule has 1 N–H and O–H groups in total. The van der Waals surface area contributed by atoms with Crippen LogP contribution in [0.1, 0.15) is 45.4 Å². The molecular formula is C14H25N3O. The second kappa shape index (κ2) is 4.82. The van der Waals surface area contributed by atoms with Crippen LogP contribution in [-0.4, -0.2) is 53.6 Å². The van der Waals surface area contributed by atoms with Crippen molar-refractivity contribution in [2.24, 2.45) is 0 Å². The maximum absolute atomic E-state index is 12.4. The molecule has 18 heavy (non-hydrogen) atoms. The molecule has 0 aromatic rings. The molecule has 1 atom stereocenters. The molecule has 0 bridgehead atoms. The Hall–Kier alpha value is -0.610. The van der Waals surface area contributed by atoms with E-state index in [1.807, 2.05) is 0 Å². The molecule has 2 heterocycles. The van der Waals surface area contributed by atoms with Crippen LogP contribution in [0.3, 0.4) is 0 Å². The van der Waals surface area contributed by atoms with Crippen LogP contribution in [0.4, 0.5) is 0 Å². The Bertz CT molecular complexity index is 321. The first kappa shape index (κ1) is 12.4. The summed E-state index contributed by atoms with van der Waals surface area (Å²) in [7, 11) is 0. The summed E-state index contributed by atoms with van der Waals surface area (Å²) in [5, 5.41) is 3.58. The summed E-state index contributed by atoms with van der Waals surface area (Å²) in [6, 6.07) is 0. The summed E-state index contributed by atoms with van der Waals surface area (Å²) in [6.07, 6.45) is 7.28. The number of likely N-dealkylation sites (tertiary alicyclic amines) is 1. The van der Waals surface area contributed by atoms with Crippen molar-refractivity contribution >= 4 is 5.91 Å². The Labute approximate surface area is 110 Å². The number of hydrogen-bond acceptors (Lipinski definition) is 3. The highest BCUT2D eigenvalue weighted by atomic mass is 16.2. The van der Waals surface area contributed by atoms with E-state index in [1.165, 1.54) is 25.9 Å². The van der Waals surface area contributed by atoms with Crippen molar-refractivity contribution in [1.82, 2.24) is 15.1 Å².